The van der Waals surface area contributed by atoms with Crippen LogP contribution in [0.25, 0.3) is 43.6 Å². The van der Waals surface area contributed by atoms with Gasteiger partial charge in [-0.2, -0.15) is 0 Å². The Morgan fingerprint density at radius 1 is 0.483 bits per heavy atom. The van der Waals surface area contributed by atoms with Gasteiger partial charge >= 0.3 is 0 Å². The lowest BCUT2D eigenvalue weighted by Gasteiger charge is -2.02. The van der Waals surface area contributed by atoms with E-state index >= 15 is 0 Å². The molecule has 0 bridgehead atoms. The lowest BCUT2D eigenvalue weighted by Crippen LogP contribution is -1.84. The predicted octanol–water partition coefficient (Wildman–Crippen LogP) is 6.33. The van der Waals surface area contributed by atoms with Crippen molar-refractivity contribution in [2.45, 2.75) is 0 Å². The topological polar surface area (TPSA) is 51.6 Å². The van der Waals surface area contributed by atoms with Crippen LogP contribution in [0.1, 0.15) is 0 Å². The average Bonchev–Trinajstić information content (AvgIpc) is 2.79. The molecule has 4 heterocycles. The average molecular weight is 439 g/mol. The molecule has 138 valence electrons. The molecule has 29 heavy (non-hydrogen) atoms. The Bertz CT molecular complexity index is 1430. The van der Waals surface area contributed by atoms with Gasteiger partial charge in [0.15, 0.2) is 0 Å². The molecular formula is C24H15BrN4. The highest BCUT2D eigenvalue weighted by Crippen LogP contribution is 2.27. The molecule has 0 fully saturated rings. The Morgan fingerprint density at radius 3 is 2.00 bits per heavy atom. The zero-order chi connectivity index (χ0) is 19.6. The summed E-state index contributed by atoms with van der Waals surface area (Å²) in [6.45, 7) is 0. The minimum absolute atomic E-state index is 0.947. The third-order valence-corrected chi connectivity index (χ3v) is 5.47. The molecule has 6 aromatic rings. The van der Waals surface area contributed by atoms with Crippen molar-refractivity contribution in [1.29, 1.82) is 0 Å². The second kappa shape index (κ2) is 7.53. The fraction of sp³-hybridized carbons (Fsp3) is 0. The maximum Gasteiger partial charge on any atom is 0.0975 e. The number of hydrogen-bond acceptors (Lipinski definition) is 4. The third kappa shape index (κ3) is 3.30. The Labute approximate surface area is 175 Å². The lowest BCUT2D eigenvalue weighted by molar-refractivity contribution is 1.37. The molecule has 2 aromatic carbocycles. The van der Waals surface area contributed by atoms with Gasteiger partial charge in [0, 0.05) is 50.8 Å². The number of pyridine rings is 4. The summed E-state index contributed by atoms with van der Waals surface area (Å²) in [5.41, 5.74) is 3.93. The van der Waals surface area contributed by atoms with E-state index < -0.39 is 0 Å². The first kappa shape index (κ1) is 17.6. The summed E-state index contributed by atoms with van der Waals surface area (Å²) in [6.07, 6.45) is 7.21. The van der Waals surface area contributed by atoms with Gasteiger partial charge < -0.3 is 0 Å². The van der Waals surface area contributed by atoms with Gasteiger partial charge in [-0.25, -0.2) is 0 Å². The van der Waals surface area contributed by atoms with Crippen LogP contribution in [0, 0.1) is 0 Å². The first-order valence-electron chi connectivity index (χ1n) is 9.18. The number of fused-ring (bicyclic) bond motifs is 6. The highest BCUT2D eigenvalue weighted by atomic mass is 79.9. The van der Waals surface area contributed by atoms with Crippen LogP contribution in [0.4, 0.5) is 0 Å². The Balaban J connectivity index is 0.000000125. The molecule has 0 atom stereocenters. The number of hydrogen-bond donors (Lipinski definition) is 0. The largest absolute Gasteiger partial charge is 0.256 e. The molecule has 0 radical (unpaired) electrons. The van der Waals surface area contributed by atoms with Gasteiger partial charge in [0.2, 0.25) is 0 Å². The third-order valence-electron chi connectivity index (χ3n) is 4.78. The van der Waals surface area contributed by atoms with E-state index in [9.17, 15) is 0 Å². The van der Waals surface area contributed by atoms with E-state index in [2.05, 4.69) is 66.2 Å². The highest BCUT2D eigenvalue weighted by Gasteiger charge is 2.04. The second-order valence-corrected chi connectivity index (χ2v) is 7.39. The summed E-state index contributed by atoms with van der Waals surface area (Å²) >= 11 is 3.51. The monoisotopic (exact) mass is 438 g/mol. The summed E-state index contributed by atoms with van der Waals surface area (Å²) in [7, 11) is 0. The van der Waals surface area contributed by atoms with Crippen molar-refractivity contribution in [3.8, 4) is 0 Å². The van der Waals surface area contributed by atoms with E-state index in [-0.39, 0.29) is 0 Å². The summed E-state index contributed by atoms with van der Waals surface area (Å²) < 4.78 is 1.06. The SMILES string of the molecule is Brc1ccnc2c1ccc1cccnc12.c1cnc2c(c1)ccc1ncccc12. The van der Waals surface area contributed by atoms with Crippen LogP contribution in [0.15, 0.2) is 96.0 Å². The van der Waals surface area contributed by atoms with Crippen molar-refractivity contribution in [3.05, 3.63) is 96.0 Å². The molecule has 6 rings (SSSR count). The fourth-order valence-corrected chi connectivity index (χ4v) is 3.85. The van der Waals surface area contributed by atoms with E-state index in [1.54, 1.807) is 18.6 Å². The highest BCUT2D eigenvalue weighted by molar-refractivity contribution is 9.10. The van der Waals surface area contributed by atoms with Crippen LogP contribution in [-0.4, -0.2) is 19.9 Å². The van der Waals surface area contributed by atoms with Gasteiger partial charge in [-0.05, 0) is 36.4 Å². The van der Waals surface area contributed by atoms with Crippen LogP contribution in [0.3, 0.4) is 0 Å². The molecular weight excluding hydrogens is 424 g/mol. The van der Waals surface area contributed by atoms with Gasteiger partial charge in [0.05, 0.1) is 22.1 Å². The second-order valence-electron chi connectivity index (χ2n) is 6.54. The summed E-state index contributed by atoms with van der Waals surface area (Å²) in [5.74, 6) is 0. The molecule has 4 nitrogen and oxygen atoms in total. The number of rotatable bonds is 0. The molecule has 5 heteroatoms. The van der Waals surface area contributed by atoms with E-state index in [1.165, 1.54) is 0 Å². The maximum atomic E-state index is 4.38. The van der Waals surface area contributed by atoms with Crippen LogP contribution in [-0.2, 0) is 0 Å². The number of aromatic nitrogens is 4. The van der Waals surface area contributed by atoms with Crippen molar-refractivity contribution >= 4 is 59.5 Å². The zero-order valence-corrected chi connectivity index (χ0v) is 16.9. The van der Waals surface area contributed by atoms with E-state index in [1.807, 2.05) is 42.6 Å². The molecule has 0 N–H and O–H groups in total. The Hall–Kier alpha value is -3.44. The summed E-state index contributed by atoms with van der Waals surface area (Å²) in [4.78, 5) is 17.4. The lowest BCUT2D eigenvalue weighted by atomic mass is 10.1. The number of benzene rings is 2. The minimum atomic E-state index is 0.947. The van der Waals surface area contributed by atoms with Crippen molar-refractivity contribution in [2.75, 3.05) is 0 Å². The van der Waals surface area contributed by atoms with Crippen LogP contribution in [0.2, 0.25) is 0 Å². The fourth-order valence-electron chi connectivity index (χ4n) is 3.42. The quantitative estimate of drug-likeness (QED) is 0.260. The molecule has 0 saturated carbocycles. The first-order chi connectivity index (χ1) is 14.3. The van der Waals surface area contributed by atoms with Crippen molar-refractivity contribution in [2.24, 2.45) is 0 Å². The van der Waals surface area contributed by atoms with E-state index in [0.29, 0.717) is 0 Å². The van der Waals surface area contributed by atoms with Crippen molar-refractivity contribution < 1.29 is 0 Å². The first-order valence-corrected chi connectivity index (χ1v) is 9.97. The molecule has 0 spiro atoms. The maximum absolute atomic E-state index is 4.38. The number of halogens is 1. The van der Waals surface area contributed by atoms with Crippen molar-refractivity contribution in [1.82, 2.24) is 19.9 Å². The Kier molecular flexibility index (Phi) is 4.58. The predicted molar refractivity (Wildman–Crippen MR) is 122 cm³/mol. The molecule has 0 unspecified atom stereocenters. The number of nitrogens with zero attached hydrogens (tertiary/aromatic N) is 4. The summed E-state index contributed by atoms with van der Waals surface area (Å²) in [5, 5.41) is 4.50. The normalized spacial score (nSPS) is 10.9. The molecule has 0 amide bonds. The molecule has 0 saturated heterocycles. The minimum Gasteiger partial charge on any atom is -0.256 e. The molecule has 0 aliphatic carbocycles. The van der Waals surface area contributed by atoms with Crippen LogP contribution < -0.4 is 0 Å². The molecule has 4 aromatic heterocycles. The zero-order valence-electron chi connectivity index (χ0n) is 15.3. The van der Waals surface area contributed by atoms with Gasteiger partial charge in [0.1, 0.15) is 0 Å². The van der Waals surface area contributed by atoms with Gasteiger partial charge in [0.25, 0.3) is 0 Å². The molecule has 0 aliphatic heterocycles. The van der Waals surface area contributed by atoms with E-state index in [4.69, 9.17) is 0 Å². The summed E-state index contributed by atoms with van der Waals surface area (Å²) in [6, 6.07) is 22.1. The standard InChI is InChI=1S/C12H7BrN2.C12H8N2/c13-10-5-7-15-12-9(10)4-3-8-2-1-6-14-11(8)12;1-3-9-5-6-11-10(4-2-7-13-11)12(9)14-8-1/h1-7H;1-8H. The van der Waals surface area contributed by atoms with Crippen LogP contribution >= 0.6 is 15.9 Å². The van der Waals surface area contributed by atoms with Gasteiger partial charge in [-0.15, -0.1) is 0 Å². The van der Waals surface area contributed by atoms with Crippen molar-refractivity contribution in [3.63, 3.8) is 0 Å². The molecule has 0 aliphatic rings. The Morgan fingerprint density at radius 2 is 1.14 bits per heavy atom. The smallest absolute Gasteiger partial charge is 0.0975 e. The van der Waals surface area contributed by atoms with Gasteiger partial charge in [-0.3, -0.25) is 19.9 Å². The van der Waals surface area contributed by atoms with E-state index in [0.717, 1.165) is 48.1 Å². The van der Waals surface area contributed by atoms with Crippen LogP contribution in [0.5, 0.6) is 0 Å². The van der Waals surface area contributed by atoms with Gasteiger partial charge in [-0.1, -0.05) is 46.3 Å².